The largest absolute Gasteiger partial charge is 0.373 e. The standard InChI is InChI=1S/C9H11N5S2/c1-3-6-12-7(10-2)4-8(13-6)16-9-14-11-5-15-9/h4-5H,3H2,1-2H3,(H,10,12,13). The van der Waals surface area contributed by atoms with Gasteiger partial charge in [0.1, 0.15) is 22.2 Å². The molecule has 2 rings (SSSR count). The fourth-order valence-corrected chi connectivity index (χ4v) is 2.55. The Balaban J connectivity index is 2.26. The molecule has 0 saturated carbocycles. The molecule has 0 aliphatic carbocycles. The first-order valence-corrected chi connectivity index (χ1v) is 6.51. The molecular formula is C9H11N5S2. The van der Waals surface area contributed by atoms with Gasteiger partial charge in [0, 0.05) is 19.5 Å². The third kappa shape index (κ3) is 2.67. The molecule has 1 N–H and O–H groups in total. The minimum absolute atomic E-state index is 0.819. The predicted molar refractivity (Wildman–Crippen MR) is 65.0 cm³/mol. The van der Waals surface area contributed by atoms with Crippen LogP contribution in [0.25, 0.3) is 0 Å². The van der Waals surface area contributed by atoms with E-state index in [1.807, 2.05) is 20.0 Å². The lowest BCUT2D eigenvalue weighted by Crippen LogP contribution is -2.00. The Hall–Kier alpha value is -1.21. The molecule has 2 aromatic rings. The Morgan fingerprint density at radius 1 is 1.44 bits per heavy atom. The summed E-state index contributed by atoms with van der Waals surface area (Å²) in [6, 6.07) is 1.91. The average Bonchev–Trinajstić information content (AvgIpc) is 2.81. The first kappa shape index (κ1) is 11.3. The summed E-state index contributed by atoms with van der Waals surface area (Å²) in [6.45, 7) is 2.04. The molecule has 84 valence electrons. The van der Waals surface area contributed by atoms with Gasteiger partial charge in [0.15, 0.2) is 4.34 Å². The van der Waals surface area contributed by atoms with E-state index in [1.165, 1.54) is 23.1 Å². The maximum absolute atomic E-state index is 4.43. The lowest BCUT2D eigenvalue weighted by Gasteiger charge is -2.04. The zero-order chi connectivity index (χ0) is 11.4. The normalized spacial score (nSPS) is 10.4. The molecule has 0 bridgehead atoms. The SMILES string of the molecule is CCc1nc(NC)cc(Sc2nncs2)n1. The van der Waals surface area contributed by atoms with E-state index in [2.05, 4.69) is 25.5 Å². The first-order chi connectivity index (χ1) is 7.81. The molecule has 2 heterocycles. The average molecular weight is 253 g/mol. The van der Waals surface area contributed by atoms with Gasteiger partial charge in [-0.05, 0) is 11.8 Å². The summed E-state index contributed by atoms with van der Waals surface area (Å²) in [5, 5.41) is 11.7. The van der Waals surface area contributed by atoms with Crippen LogP contribution in [0.5, 0.6) is 0 Å². The molecule has 5 nitrogen and oxygen atoms in total. The number of aryl methyl sites for hydroxylation is 1. The van der Waals surface area contributed by atoms with E-state index < -0.39 is 0 Å². The van der Waals surface area contributed by atoms with E-state index >= 15 is 0 Å². The number of hydrogen-bond donors (Lipinski definition) is 1. The summed E-state index contributed by atoms with van der Waals surface area (Å²) < 4.78 is 0.891. The summed E-state index contributed by atoms with van der Waals surface area (Å²) in [7, 11) is 1.85. The molecule has 0 radical (unpaired) electrons. The van der Waals surface area contributed by atoms with Gasteiger partial charge < -0.3 is 5.32 Å². The number of aromatic nitrogens is 4. The zero-order valence-corrected chi connectivity index (χ0v) is 10.6. The van der Waals surface area contributed by atoms with Crippen LogP contribution in [-0.4, -0.2) is 27.2 Å². The highest BCUT2D eigenvalue weighted by Crippen LogP contribution is 2.28. The Kier molecular flexibility index (Phi) is 3.68. The fourth-order valence-electron chi connectivity index (χ4n) is 1.11. The summed E-state index contributed by atoms with van der Waals surface area (Å²) in [5.41, 5.74) is 1.71. The van der Waals surface area contributed by atoms with Crippen molar-refractivity contribution in [3.8, 4) is 0 Å². The van der Waals surface area contributed by atoms with Crippen LogP contribution in [0, 0.1) is 0 Å². The maximum atomic E-state index is 4.43. The molecule has 2 aromatic heterocycles. The molecule has 0 unspecified atom stereocenters. The van der Waals surface area contributed by atoms with Crippen LogP contribution in [0.4, 0.5) is 5.82 Å². The van der Waals surface area contributed by atoms with Gasteiger partial charge >= 0.3 is 0 Å². The predicted octanol–water partition coefficient (Wildman–Crippen LogP) is 2.08. The highest BCUT2D eigenvalue weighted by Gasteiger charge is 2.06. The number of nitrogens with zero attached hydrogens (tertiary/aromatic N) is 4. The van der Waals surface area contributed by atoms with Crippen molar-refractivity contribution in [3.05, 3.63) is 17.4 Å². The smallest absolute Gasteiger partial charge is 0.180 e. The number of nitrogens with one attached hydrogen (secondary N) is 1. The van der Waals surface area contributed by atoms with Crippen molar-refractivity contribution in [1.82, 2.24) is 20.2 Å². The van der Waals surface area contributed by atoms with Gasteiger partial charge in [-0.25, -0.2) is 9.97 Å². The molecule has 0 aliphatic heterocycles. The van der Waals surface area contributed by atoms with Crippen molar-refractivity contribution in [3.63, 3.8) is 0 Å². The van der Waals surface area contributed by atoms with Crippen molar-refractivity contribution in [2.45, 2.75) is 22.7 Å². The van der Waals surface area contributed by atoms with Crippen molar-refractivity contribution in [1.29, 1.82) is 0 Å². The third-order valence-corrected chi connectivity index (χ3v) is 3.55. The van der Waals surface area contributed by atoms with Gasteiger partial charge in [-0.15, -0.1) is 10.2 Å². The van der Waals surface area contributed by atoms with Gasteiger partial charge in [-0.2, -0.15) is 0 Å². The highest BCUT2D eigenvalue weighted by molar-refractivity contribution is 8.00. The van der Waals surface area contributed by atoms with Gasteiger partial charge in [0.05, 0.1) is 0 Å². The Morgan fingerprint density at radius 2 is 2.31 bits per heavy atom. The Labute approximate surface area is 102 Å². The van der Waals surface area contributed by atoms with E-state index in [9.17, 15) is 0 Å². The third-order valence-electron chi connectivity index (χ3n) is 1.85. The Morgan fingerprint density at radius 3 is 2.94 bits per heavy atom. The van der Waals surface area contributed by atoms with E-state index in [1.54, 1.807) is 5.51 Å². The molecule has 0 fully saturated rings. The topological polar surface area (TPSA) is 63.6 Å². The number of rotatable bonds is 4. The van der Waals surface area contributed by atoms with Crippen LogP contribution >= 0.6 is 23.1 Å². The molecule has 0 atom stereocenters. The molecule has 0 amide bonds. The van der Waals surface area contributed by atoms with E-state index in [4.69, 9.17) is 0 Å². The summed E-state index contributed by atoms with van der Waals surface area (Å²) >= 11 is 3.01. The number of hydrogen-bond acceptors (Lipinski definition) is 7. The van der Waals surface area contributed by atoms with Crippen LogP contribution in [-0.2, 0) is 6.42 Å². The molecule has 7 heteroatoms. The van der Waals surface area contributed by atoms with Crippen LogP contribution < -0.4 is 5.32 Å². The van der Waals surface area contributed by atoms with Crippen LogP contribution in [0.2, 0.25) is 0 Å². The Bertz CT molecular complexity index is 435. The number of anilines is 1. The molecule has 0 aromatic carbocycles. The van der Waals surface area contributed by atoms with E-state index in [0.717, 1.165) is 27.4 Å². The monoisotopic (exact) mass is 253 g/mol. The molecule has 0 saturated heterocycles. The van der Waals surface area contributed by atoms with E-state index in [0.29, 0.717) is 0 Å². The fraction of sp³-hybridized carbons (Fsp3) is 0.333. The molecule has 0 aliphatic rings. The van der Waals surface area contributed by atoms with Crippen LogP contribution in [0.3, 0.4) is 0 Å². The minimum Gasteiger partial charge on any atom is -0.373 e. The second kappa shape index (κ2) is 5.22. The highest BCUT2D eigenvalue weighted by atomic mass is 32.2. The van der Waals surface area contributed by atoms with Crippen LogP contribution in [0.15, 0.2) is 20.9 Å². The van der Waals surface area contributed by atoms with Crippen molar-refractivity contribution in [2.75, 3.05) is 12.4 Å². The van der Waals surface area contributed by atoms with Gasteiger partial charge in [0.25, 0.3) is 0 Å². The van der Waals surface area contributed by atoms with Gasteiger partial charge in [-0.3, -0.25) is 0 Å². The second-order valence-electron chi connectivity index (χ2n) is 2.92. The molecular weight excluding hydrogens is 242 g/mol. The lowest BCUT2D eigenvalue weighted by atomic mass is 10.4. The zero-order valence-electron chi connectivity index (χ0n) is 8.97. The lowest BCUT2D eigenvalue weighted by molar-refractivity contribution is 0.889. The van der Waals surface area contributed by atoms with Crippen molar-refractivity contribution < 1.29 is 0 Å². The minimum atomic E-state index is 0.819. The van der Waals surface area contributed by atoms with Gasteiger partial charge in [-0.1, -0.05) is 18.3 Å². The summed E-state index contributed by atoms with van der Waals surface area (Å²) in [4.78, 5) is 8.76. The molecule has 16 heavy (non-hydrogen) atoms. The van der Waals surface area contributed by atoms with E-state index in [-0.39, 0.29) is 0 Å². The summed E-state index contributed by atoms with van der Waals surface area (Å²) in [5.74, 6) is 1.66. The molecule has 0 spiro atoms. The van der Waals surface area contributed by atoms with Crippen molar-refractivity contribution in [2.24, 2.45) is 0 Å². The van der Waals surface area contributed by atoms with Crippen molar-refractivity contribution >= 4 is 28.9 Å². The second-order valence-corrected chi connectivity index (χ2v) is 5.02. The maximum Gasteiger partial charge on any atom is 0.180 e. The van der Waals surface area contributed by atoms with Gasteiger partial charge in [0.2, 0.25) is 0 Å². The first-order valence-electron chi connectivity index (χ1n) is 4.81. The quantitative estimate of drug-likeness (QED) is 0.842. The summed E-state index contributed by atoms with van der Waals surface area (Å²) in [6.07, 6.45) is 0.819. The van der Waals surface area contributed by atoms with Crippen LogP contribution in [0.1, 0.15) is 12.7 Å².